The number of fused-ring (bicyclic) bond motifs is 1. The molecule has 6 rings (SSSR count). The van der Waals surface area contributed by atoms with E-state index in [-0.39, 0.29) is 17.4 Å². The van der Waals surface area contributed by atoms with Gasteiger partial charge in [0.2, 0.25) is 5.91 Å². The Morgan fingerprint density at radius 2 is 1.96 bits per heavy atom. The second-order valence-electron chi connectivity index (χ2n) is 9.16. The van der Waals surface area contributed by atoms with Crippen molar-refractivity contribution in [2.75, 3.05) is 6.61 Å². The van der Waals surface area contributed by atoms with Gasteiger partial charge in [0.1, 0.15) is 5.75 Å². The number of aliphatic hydroxyl groups is 1. The average molecular weight is 341 g/mol. The molecular weight excluding hydrogens is 314 g/mol. The largest absolute Gasteiger partial charge is 0.493 e. The van der Waals surface area contributed by atoms with Gasteiger partial charge in [0.25, 0.3) is 0 Å². The van der Waals surface area contributed by atoms with Crippen molar-refractivity contribution in [2.24, 2.45) is 17.3 Å². The highest BCUT2D eigenvalue weighted by molar-refractivity contribution is 5.77. The Labute approximate surface area is 149 Å². The van der Waals surface area contributed by atoms with Gasteiger partial charge in [-0.3, -0.25) is 4.79 Å². The molecule has 0 saturated heterocycles. The Morgan fingerprint density at radius 1 is 1.20 bits per heavy atom. The molecule has 0 aromatic heterocycles. The molecule has 4 heteroatoms. The molecule has 134 valence electrons. The van der Waals surface area contributed by atoms with Crippen LogP contribution in [0.25, 0.3) is 0 Å². The van der Waals surface area contributed by atoms with Crippen LogP contribution in [0.15, 0.2) is 24.3 Å². The van der Waals surface area contributed by atoms with Crippen molar-refractivity contribution in [1.82, 2.24) is 5.32 Å². The molecule has 2 unspecified atom stereocenters. The quantitative estimate of drug-likeness (QED) is 0.886. The van der Waals surface area contributed by atoms with Gasteiger partial charge in [-0.25, -0.2) is 0 Å². The number of carbonyl (C=O) groups excluding carboxylic acids is 1. The highest BCUT2D eigenvalue weighted by Gasteiger charge is 2.57. The van der Waals surface area contributed by atoms with Crippen LogP contribution >= 0.6 is 0 Å². The molecule has 1 aliphatic heterocycles. The molecule has 4 bridgehead atoms. The summed E-state index contributed by atoms with van der Waals surface area (Å²) in [6.45, 7) is 0.650. The smallest absolute Gasteiger partial charge is 0.221 e. The number of hydrogen-bond donors (Lipinski definition) is 2. The summed E-state index contributed by atoms with van der Waals surface area (Å²) in [4.78, 5) is 12.9. The van der Waals surface area contributed by atoms with Crippen LogP contribution in [0.4, 0.5) is 0 Å². The maximum Gasteiger partial charge on any atom is 0.221 e. The van der Waals surface area contributed by atoms with E-state index >= 15 is 0 Å². The molecule has 5 atom stereocenters. The summed E-state index contributed by atoms with van der Waals surface area (Å²) in [5.41, 5.74) is 0.634. The fourth-order valence-electron chi connectivity index (χ4n) is 6.69. The first-order valence-electron chi connectivity index (χ1n) is 9.76. The predicted molar refractivity (Wildman–Crippen MR) is 94.1 cm³/mol. The average Bonchev–Trinajstić information content (AvgIpc) is 2.52. The summed E-state index contributed by atoms with van der Waals surface area (Å²) in [7, 11) is 0. The van der Waals surface area contributed by atoms with E-state index < -0.39 is 5.60 Å². The molecule has 4 fully saturated rings. The standard InChI is InChI=1S/C21H27NO3/c23-19(22-17-5-6-25-18-4-2-1-3-16(17)18)12-20-8-14-7-15(9-20)11-21(24,10-14)13-20/h1-4,14-15,17,24H,5-13H2,(H,22,23)/t14-,15+,17-,20?,21?/m0/s1. The van der Waals surface area contributed by atoms with Crippen molar-refractivity contribution in [3.8, 4) is 5.75 Å². The molecule has 4 nitrogen and oxygen atoms in total. The summed E-state index contributed by atoms with van der Waals surface area (Å²) in [6, 6.07) is 8.05. The maximum absolute atomic E-state index is 12.9. The van der Waals surface area contributed by atoms with Gasteiger partial charge in [-0.05, 0) is 61.8 Å². The van der Waals surface area contributed by atoms with Gasteiger partial charge in [0, 0.05) is 18.4 Å². The predicted octanol–water partition coefficient (Wildman–Crippen LogP) is 3.35. The highest BCUT2D eigenvalue weighted by atomic mass is 16.5. The van der Waals surface area contributed by atoms with E-state index in [1.54, 1.807) is 0 Å². The Hall–Kier alpha value is -1.55. The van der Waals surface area contributed by atoms with Crippen LogP contribution in [0.2, 0.25) is 0 Å². The number of benzene rings is 1. The number of hydrogen-bond acceptors (Lipinski definition) is 3. The second-order valence-corrected chi connectivity index (χ2v) is 9.16. The van der Waals surface area contributed by atoms with Gasteiger partial charge in [0.15, 0.2) is 0 Å². The summed E-state index contributed by atoms with van der Waals surface area (Å²) in [6.07, 6.45) is 7.66. The van der Waals surface area contributed by atoms with Gasteiger partial charge in [-0.15, -0.1) is 0 Å². The zero-order chi connectivity index (χ0) is 17.1. The molecule has 1 amide bonds. The van der Waals surface area contributed by atoms with E-state index in [0.717, 1.165) is 49.8 Å². The molecule has 4 saturated carbocycles. The Morgan fingerprint density at radius 3 is 2.72 bits per heavy atom. The summed E-state index contributed by atoms with van der Waals surface area (Å²) in [5, 5.41) is 14.1. The third-order valence-corrected chi connectivity index (χ3v) is 6.98. The molecule has 1 aromatic rings. The first-order valence-corrected chi connectivity index (χ1v) is 9.76. The van der Waals surface area contributed by atoms with Crippen LogP contribution in [-0.2, 0) is 4.79 Å². The Kier molecular flexibility index (Phi) is 3.43. The number of amides is 1. The molecule has 1 heterocycles. The van der Waals surface area contributed by atoms with E-state index in [9.17, 15) is 9.90 Å². The number of rotatable bonds is 3. The van der Waals surface area contributed by atoms with Crippen LogP contribution in [0, 0.1) is 17.3 Å². The minimum atomic E-state index is -0.490. The van der Waals surface area contributed by atoms with Crippen molar-refractivity contribution in [3.05, 3.63) is 29.8 Å². The molecule has 0 radical (unpaired) electrons. The third-order valence-electron chi connectivity index (χ3n) is 6.98. The van der Waals surface area contributed by atoms with Crippen molar-refractivity contribution in [1.29, 1.82) is 0 Å². The lowest BCUT2D eigenvalue weighted by atomic mass is 9.47. The van der Waals surface area contributed by atoms with Crippen LogP contribution in [0.3, 0.4) is 0 Å². The molecular formula is C21H27NO3. The Balaban J connectivity index is 1.30. The van der Waals surface area contributed by atoms with Gasteiger partial charge in [0.05, 0.1) is 18.2 Å². The van der Waals surface area contributed by atoms with Gasteiger partial charge >= 0.3 is 0 Å². The highest BCUT2D eigenvalue weighted by Crippen LogP contribution is 2.62. The first kappa shape index (κ1) is 15.7. The second kappa shape index (κ2) is 5.47. The number of ether oxygens (including phenoxy) is 1. The Bertz CT molecular complexity index is 686. The number of para-hydroxylation sites is 1. The van der Waals surface area contributed by atoms with Gasteiger partial charge < -0.3 is 15.2 Å². The van der Waals surface area contributed by atoms with E-state index in [4.69, 9.17) is 4.74 Å². The van der Waals surface area contributed by atoms with Crippen LogP contribution < -0.4 is 10.1 Å². The number of nitrogens with one attached hydrogen (secondary N) is 1. The summed E-state index contributed by atoms with van der Waals surface area (Å²) < 4.78 is 5.70. The normalized spacial score (nSPS) is 41.1. The lowest BCUT2D eigenvalue weighted by molar-refractivity contribution is -0.169. The van der Waals surface area contributed by atoms with Gasteiger partial charge in [-0.2, -0.15) is 0 Å². The third kappa shape index (κ3) is 2.75. The monoisotopic (exact) mass is 341 g/mol. The fraction of sp³-hybridized carbons (Fsp3) is 0.667. The summed E-state index contributed by atoms with van der Waals surface area (Å²) in [5.74, 6) is 2.29. The topological polar surface area (TPSA) is 58.6 Å². The molecule has 1 aromatic carbocycles. The first-order chi connectivity index (χ1) is 12.0. The van der Waals surface area contributed by atoms with Crippen molar-refractivity contribution in [2.45, 2.75) is 63.0 Å². The zero-order valence-electron chi connectivity index (χ0n) is 14.7. The molecule has 25 heavy (non-hydrogen) atoms. The number of carbonyl (C=O) groups is 1. The van der Waals surface area contributed by atoms with Crippen LogP contribution in [0.1, 0.15) is 63.0 Å². The van der Waals surface area contributed by atoms with E-state index in [2.05, 4.69) is 5.32 Å². The fourth-order valence-corrected chi connectivity index (χ4v) is 6.69. The lowest BCUT2D eigenvalue weighted by Crippen LogP contribution is -2.56. The molecule has 0 spiro atoms. The van der Waals surface area contributed by atoms with E-state index in [1.807, 2.05) is 24.3 Å². The van der Waals surface area contributed by atoms with Crippen LogP contribution in [0.5, 0.6) is 5.75 Å². The van der Waals surface area contributed by atoms with Crippen LogP contribution in [-0.4, -0.2) is 23.2 Å². The minimum absolute atomic E-state index is 0.0353. The zero-order valence-corrected chi connectivity index (χ0v) is 14.7. The summed E-state index contributed by atoms with van der Waals surface area (Å²) >= 11 is 0. The van der Waals surface area contributed by atoms with E-state index in [0.29, 0.717) is 24.9 Å². The van der Waals surface area contributed by atoms with Crippen molar-refractivity contribution >= 4 is 5.91 Å². The molecule has 4 aliphatic carbocycles. The van der Waals surface area contributed by atoms with Gasteiger partial charge in [-0.1, -0.05) is 18.2 Å². The van der Waals surface area contributed by atoms with Crippen molar-refractivity contribution in [3.63, 3.8) is 0 Å². The van der Waals surface area contributed by atoms with E-state index in [1.165, 1.54) is 6.42 Å². The lowest BCUT2D eigenvalue weighted by Gasteiger charge is -2.60. The SMILES string of the molecule is O=C(CC12C[C@@H]3C[C@@H](CC(O)(C3)C1)C2)N[C@H]1CCOc2ccccc21. The minimum Gasteiger partial charge on any atom is -0.493 e. The van der Waals surface area contributed by atoms with Crippen molar-refractivity contribution < 1.29 is 14.6 Å². The molecule has 2 N–H and O–H groups in total. The maximum atomic E-state index is 12.9. The molecule has 5 aliphatic rings.